The molecule has 0 bridgehead atoms. The second kappa shape index (κ2) is 6.02. The Kier molecular flexibility index (Phi) is 4.55. The molecule has 0 heterocycles. The monoisotopic (exact) mass is 194 g/mol. The van der Waals surface area contributed by atoms with Crippen molar-refractivity contribution in [3.05, 3.63) is 30.3 Å². The maximum Gasteiger partial charge on any atom is 0.308 e. The van der Waals surface area contributed by atoms with Crippen molar-refractivity contribution in [3.8, 4) is 5.75 Å². The largest absolute Gasteiger partial charge is 0.457 e. The van der Waals surface area contributed by atoms with Crippen molar-refractivity contribution in [2.24, 2.45) is 0 Å². The molecule has 1 aromatic rings. The van der Waals surface area contributed by atoms with E-state index in [2.05, 4.69) is 0 Å². The van der Waals surface area contributed by atoms with Crippen LogP contribution in [0.15, 0.2) is 30.3 Å². The van der Waals surface area contributed by atoms with Gasteiger partial charge in [0.1, 0.15) is 5.75 Å². The third-order valence-corrected chi connectivity index (χ3v) is 1.64. The highest BCUT2D eigenvalue weighted by Gasteiger charge is 1.99. The van der Waals surface area contributed by atoms with Gasteiger partial charge in [0.15, 0.2) is 0 Å². The summed E-state index contributed by atoms with van der Waals surface area (Å²) in [5.41, 5.74) is 0. The Hall–Kier alpha value is -1.51. The lowest BCUT2D eigenvalue weighted by atomic mass is 10.3. The summed E-state index contributed by atoms with van der Waals surface area (Å²) in [4.78, 5) is 10.9. The van der Waals surface area contributed by atoms with E-state index in [9.17, 15) is 4.79 Å². The Balaban J connectivity index is 2.19. The van der Waals surface area contributed by atoms with Gasteiger partial charge in [-0.15, -0.1) is 0 Å². The fraction of sp³-hybridized carbons (Fsp3) is 0.364. The van der Waals surface area contributed by atoms with Gasteiger partial charge in [-0.25, -0.2) is 0 Å². The molecular formula is C11H14O3. The Morgan fingerprint density at radius 2 is 2.00 bits per heavy atom. The summed E-state index contributed by atoms with van der Waals surface area (Å²) in [7, 11) is 0. The van der Waals surface area contributed by atoms with Crippen molar-refractivity contribution in [1.82, 2.24) is 0 Å². The van der Waals surface area contributed by atoms with Gasteiger partial charge in [0.05, 0.1) is 0 Å². The number of rotatable bonds is 5. The molecule has 0 atom stereocenters. The van der Waals surface area contributed by atoms with E-state index in [4.69, 9.17) is 9.47 Å². The van der Waals surface area contributed by atoms with E-state index in [1.165, 1.54) is 0 Å². The van der Waals surface area contributed by atoms with Crippen LogP contribution in [0.3, 0.4) is 0 Å². The lowest BCUT2D eigenvalue weighted by Gasteiger charge is -2.06. The number of benzene rings is 1. The fourth-order valence-corrected chi connectivity index (χ4v) is 0.956. The predicted molar refractivity (Wildman–Crippen MR) is 52.9 cm³/mol. The summed E-state index contributed by atoms with van der Waals surface area (Å²) >= 11 is 0. The first-order valence-electron chi connectivity index (χ1n) is 4.66. The minimum Gasteiger partial charge on any atom is -0.457 e. The van der Waals surface area contributed by atoms with Crippen LogP contribution < -0.4 is 4.74 Å². The van der Waals surface area contributed by atoms with Crippen LogP contribution >= 0.6 is 0 Å². The van der Waals surface area contributed by atoms with Gasteiger partial charge in [0, 0.05) is 6.42 Å². The van der Waals surface area contributed by atoms with Gasteiger partial charge in [-0.05, 0) is 18.6 Å². The van der Waals surface area contributed by atoms with Crippen LogP contribution in [0.4, 0.5) is 0 Å². The quantitative estimate of drug-likeness (QED) is 0.533. The first-order chi connectivity index (χ1) is 6.83. The van der Waals surface area contributed by atoms with E-state index in [-0.39, 0.29) is 12.8 Å². The average Bonchev–Trinajstić information content (AvgIpc) is 2.20. The smallest absolute Gasteiger partial charge is 0.308 e. The van der Waals surface area contributed by atoms with Crippen LogP contribution in [0.2, 0.25) is 0 Å². The van der Waals surface area contributed by atoms with Gasteiger partial charge < -0.3 is 9.47 Å². The average molecular weight is 194 g/mol. The zero-order chi connectivity index (χ0) is 10.2. The van der Waals surface area contributed by atoms with Crippen molar-refractivity contribution in [2.75, 3.05) is 6.79 Å². The summed E-state index contributed by atoms with van der Waals surface area (Å²) in [5, 5.41) is 0. The Labute approximate surface area is 83.6 Å². The molecule has 0 saturated heterocycles. The number of para-hydroxylation sites is 1. The van der Waals surface area contributed by atoms with Crippen molar-refractivity contribution >= 4 is 5.97 Å². The van der Waals surface area contributed by atoms with Crippen LogP contribution in [0.5, 0.6) is 5.75 Å². The lowest BCUT2D eigenvalue weighted by Crippen LogP contribution is -2.09. The topological polar surface area (TPSA) is 35.5 Å². The van der Waals surface area contributed by atoms with Gasteiger partial charge in [-0.1, -0.05) is 25.1 Å². The normalized spacial score (nSPS) is 9.50. The van der Waals surface area contributed by atoms with Gasteiger partial charge >= 0.3 is 5.97 Å². The Bertz CT molecular complexity index is 269. The molecule has 0 unspecified atom stereocenters. The van der Waals surface area contributed by atoms with E-state index in [0.717, 1.165) is 6.42 Å². The lowest BCUT2D eigenvalue weighted by molar-refractivity contribution is -0.150. The first kappa shape index (κ1) is 10.6. The minimum absolute atomic E-state index is 0.0111. The highest BCUT2D eigenvalue weighted by atomic mass is 16.7. The highest BCUT2D eigenvalue weighted by Crippen LogP contribution is 2.07. The third-order valence-electron chi connectivity index (χ3n) is 1.64. The number of carbonyl (C=O) groups excluding carboxylic acids is 1. The van der Waals surface area contributed by atoms with Crippen molar-refractivity contribution < 1.29 is 14.3 Å². The van der Waals surface area contributed by atoms with Gasteiger partial charge in [0.2, 0.25) is 6.79 Å². The molecule has 0 aliphatic rings. The molecule has 76 valence electrons. The molecule has 1 rings (SSSR count). The molecule has 3 nitrogen and oxygen atoms in total. The summed E-state index contributed by atoms with van der Waals surface area (Å²) in [6, 6.07) is 9.25. The molecule has 3 heteroatoms. The summed E-state index contributed by atoms with van der Waals surface area (Å²) in [6.45, 7) is 1.92. The summed E-state index contributed by atoms with van der Waals surface area (Å²) < 4.78 is 10.0. The molecule has 0 aliphatic heterocycles. The number of esters is 1. The van der Waals surface area contributed by atoms with E-state index in [1.807, 2.05) is 37.3 Å². The van der Waals surface area contributed by atoms with Crippen LogP contribution in [-0.2, 0) is 9.53 Å². The van der Waals surface area contributed by atoms with Crippen LogP contribution in [-0.4, -0.2) is 12.8 Å². The number of hydrogen-bond acceptors (Lipinski definition) is 3. The van der Waals surface area contributed by atoms with E-state index in [1.54, 1.807) is 0 Å². The maximum atomic E-state index is 10.9. The minimum atomic E-state index is -0.219. The zero-order valence-corrected chi connectivity index (χ0v) is 8.23. The molecule has 0 aromatic heterocycles. The molecule has 0 radical (unpaired) electrons. The van der Waals surface area contributed by atoms with Gasteiger partial charge in [-0.2, -0.15) is 0 Å². The van der Waals surface area contributed by atoms with E-state index < -0.39 is 0 Å². The standard InChI is InChI=1S/C11H14O3/c1-2-6-11(12)14-9-13-10-7-4-3-5-8-10/h3-5,7-8H,2,6,9H2,1H3. The fourth-order valence-electron chi connectivity index (χ4n) is 0.956. The van der Waals surface area contributed by atoms with E-state index >= 15 is 0 Å². The van der Waals surface area contributed by atoms with Crippen LogP contribution in [0.25, 0.3) is 0 Å². The second-order valence-corrected chi connectivity index (χ2v) is 2.84. The third kappa shape index (κ3) is 3.94. The van der Waals surface area contributed by atoms with Crippen molar-refractivity contribution in [1.29, 1.82) is 0 Å². The molecule has 0 aliphatic carbocycles. The SMILES string of the molecule is CCCC(=O)OCOc1ccccc1. The predicted octanol–water partition coefficient (Wildman–Crippen LogP) is 2.37. The van der Waals surface area contributed by atoms with Crippen molar-refractivity contribution in [2.45, 2.75) is 19.8 Å². The second-order valence-electron chi connectivity index (χ2n) is 2.84. The number of carbonyl (C=O) groups is 1. The molecule has 0 saturated carbocycles. The van der Waals surface area contributed by atoms with Gasteiger partial charge in [-0.3, -0.25) is 4.79 Å². The molecule has 14 heavy (non-hydrogen) atoms. The van der Waals surface area contributed by atoms with Crippen LogP contribution in [0, 0.1) is 0 Å². The molecule has 0 spiro atoms. The Morgan fingerprint density at radius 3 is 2.64 bits per heavy atom. The van der Waals surface area contributed by atoms with Crippen molar-refractivity contribution in [3.63, 3.8) is 0 Å². The Morgan fingerprint density at radius 1 is 1.29 bits per heavy atom. The molecule has 1 aromatic carbocycles. The zero-order valence-electron chi connectivity index (χ0n) is 8.23. The molecule has 0 amide bonds. The first-order valence-corrected chi connectivity index (χ1v) is 4.66. The summed E-state index contributed by atoms with van der Waals surface area (Å²) in [6.07, 6.45) is 1.24. The van der Waals surface area contributed by atoms with E-state index in [0.29, 0.717) is 12.2 Å². The maximum absolute atomic E-state index is 10.9. The highest BCUT2D eigenvalue weighted by molar-refractivity contribution is 5.69. The molecule has 0 fully saturated rings. The molecule has 0 N–H and O–H groups in total. The van der Waals surface area contributed by atoms with Crippen LogP contribution in [0.1, 0.15) is 19.8 Å². The van der Waals surface area contributed by atoms with Gasteiger partial charge in [0.25, 0.3) is 0 Å². The number of hydrogen-bond donors (Lipinski definition) is 0. The number of ether oxygens (including phenoxy) is 2. The summed E-state index contributed by atoms with van der Waals surface area (Å²) in [5.74, 6) is 0.486. The molecular weight excluding hydrogens is 180 g/mol.